The van der Waals surface area contributed by atoms with Crippen molar-refractivity contribution in [2.75, 3.05) is 13.1 Å². The maximum atomic E-state index is 12.5. The molecule has 0 aliphatic carbocycles. The molecule has 0 aromatic heterocycles. The lowest BCUT2D eigenvalue weighted by Gasteiger charge is -2.32. The zero-order chi connectivity index (χ0) is 18.7. The predicted octanol–water partition coefficient (Wildman–Crippen LogP) is 4.68. The molecule has 1 aliphatic heterocycles. The Balaban J connectivity index is 1.57. The zero-order valence-corrected chi connectivity index (χ0v) is 16.1. The van der Waals surface area contributed by atoms with E-state index in [0.717, 1.165) is 0 Å². The molecule has 2 aromatic carbocycles. The van der Waals surface area contributed by atoms with Crippen molar-refractivity contribution in [1.29, 1.82) is 0 Å². The number of piperidine rings is 1. The van der Waals surface area contributed by atoms with E-state index in [1.54, 1.807) is 47.4 Å². The zero-order valence-electron chi connectivity index (χ0n) is 13.8. The highest BCUT2D eigenvalue weighted by Gasteiger charge is 2.25. The molecule has 136 valence electrons. The predicted molar refractivity (Wildman–Crippen MR) is 104 cm³/mol. The Bertz CT molecular complexity index is 833. The third-order valence-electron chi connectivity index (χ3n) is 4.36. The number of carbonyl (C=O) groups is 2. The fourth-order valence-corrected chi connectivity index (χ4v) is 3.65. The molecular formula is C19H17Cl3N2O2. The van der Waals surface area contributed by atoms with Crippen molar-refractivity contribution >= 4 is 46.6 Å². The molecule has 7 heteroatoms. The van der Waals surface area contributed by atoms with Crippen LogP contribution in [0, 0.1) is 0 Å². The lowest BCUT2D eigenvalue weighted by molar-refractivity contribution is 0.0698. The Kier molecular flexibility index (Phi) is 6.07. The number of likely N-dealkylation sites (tertiary alicyclic amines) is 1. The Labute approximate surface area is 167 Å². The first-order chi connectivity index (χ1) is 12.4. The van der Waals surface area contributed by atoms with Gasteiger partial charge < -0.3 is 10.2 Å². The second-order valence-corrected chi connectivity index (χ2v) is 7.45. The van der Waals surface area contributed by atoms with Crippen LogP contribution < -0.4 is 5.32 Å². The van der Waals surface area contributed by atoms with Gasteiger partial charge in [-0.15, -0.1) is 0 Å². The summed E-state index contributed by atoms with van der Waals surface area (Å²) >= 11 is 17.9. The van der Waals surface area contributed by atoms with Gasteiger partial charge in [0.25, 0.3) is 11.8 Å². The number of carbonyl (C=O) groups excluding carboxylic acids is 2. The van der Waals surface area contributed by atoms with Gasteiger partial charge in [-0.2, -0.15) is 0 Å². The van der Waals surface area contributed by atoms with Crippen molar-refractivity contribution in [3.05, 3.63) is 68.7 Å². The highest BCUT2D eigenvalue weighted by molar-refractivity contribution is 6.36. The number of nitrogens with zero attached hydrogens (tertiary/aromatic N) is 1. The van der Waals surface area contributed by atoms with Gasteiger partial charge in [0.15, 0.2) is 0 Å². The van der Waals surface area contributed by atoms with Crippen molar-refractivity contribution in [2.24, 2.45) is 0 Å². The first-order valence-corrected chi connectivity index (χ1v) is 9.38. The smallest absolute Gasteiger partial charge is 0.253 e. The largest absolute Gasteiger partial charge is 0.349 e. The normalized spacial score (nSPS) is 15.0. The highest BCUT2D eigenvalue weighted by Crippen LogP contribution is 2.22. The van der Waals surface area contributed by atoms with E-state index in [1.807, 2.05) is 0 Å². The number of rotatable bonds is 3. The molecule has 0 radical (unpaired) electrons. The standard InChI is InChI=1S/C19H17Cl3N2O2/c20-13-3-1-2-12(10-13)19(26)24-8-6-15(7-9-24)23-18(25)16-5-4-14(21)11-17(16)22/h1-5,10-11,15H,6-9H2,(H,23,25). The summed E-state index contributed by atoms with van der Waals surface area (Å²) in [7, 11) is 0. The van der Waals surface area contributed by atoms with Gasteiger partial charge in [0, 0.05) is 34.7 Å². The fourth-order valence-electron chi connectivity index (χ4n) is 2.97. The summed E-state index contributed by atoms with van der Waals surface area (Å²) in [5.41, 5.74) is 0.974. The molecule has 0 saturated carbocycles. The van der Waals surface area contributed by atoms with Crippen molar-refractivity contribution in [3.8, 4) is 0 Å². The van der Waals surface area contributed by atoms with Gasteiger partial charge in [-0.3, -0.25) is 9.59 Å². The van der Waals surface area contributed by atoms with Crippen molar-refractivity contribution in [3.63, 3.8) is 0 Å². The number of hydrogen-bond acceptors (Lipinski definition) is 2. The van der Waals surface area contributed by atoms with Gasteiger partial charge in [0.05, 0.1) is 10.6 Å². The van der Waals surface area contributed by atoms with Gasteiger partial charge in [0.2, 0.25) is 0 Å². The summed E-state index contributed by atoms with van der Waals surface area (Å²) in [6.07, 6.45) is 1.37. The number of nitrogens with one attached hydrogen (secondary N) is 1. The van der Waals surface area contributed by atoms with Crippen molar-refractivity contribution < 1.29 is 9.59 Å². The molecule has 1 aliphatic rings. The van der Waals surface area contributed by atoms with Gasteiger partial charge >= 0.3 is 0 Å². The molecule has 1 N–H and O–H groups in total. The summed E-state index contributed by atoms with van der Waals surface area (Å²) in [5, 5.41) is 4.33. The SMILES string of the molecule is O=C(NC1CCN(C(=O)c2cccc(Cl)c2)CC1)c1ccc(Cl)cc1Cl. The summed E-state index contributed by atoms with van der Waals surface area (Å²) in [5.74, 6) is -0.274. The number of halogens is 3. The quantitative estimate of drug-likeness (QED) is 0.797. The van der Waals surface area contributed by atoms with Gasteiger partial charge in [-0.05, 0) is 49.2 Å². The molecule has 0 spiro atoms. The van der Waals surface area contributed by atoms with Crippen LogP contribution in [0.4, 0.5) is 0 Å². The van der Waals surface area contributed by atoms with Gasteiger partial charge in [0.1, 0.15) is 0 Å². The summed E-state index contributed by atoms with van der Waals surface area (Å²) < 4.78 is 0. The Morgan fingerprint density at radius 3 is 2.31 bits per heavy atom. The Morgan fingerprint density at radius 2 is 1.65 bits per heavy atom. The minimum Gasteiger partial charge on any atom is -0.349 e. The molecular weight excluding hydrogens is 395 g/mol. The second-order valence-electron chi connectivity index (χ2n) is 6.17. The monoisotopic (exact) mass is 410 g/mol. The Hall–Kier alpha value is -1.75. The minimum atomic E-state index is -0.230. The molecule has 1 heterocycles. The maximum absolute atomic E-state index is 12.5. The number of amides is 2. The molecule has 1 fully saturated rings. The molecule has 0 unspecified atom stereocenters. The molecule has 1 saturated heterocycles. The summed E-state index contributed by atoms with van der Waals surface area (Å²) in [6.45, 7) is 1.15. The van der Waals surface area contributed by atoms with Crippen LogP contribution in [0.25, 0.3) is 0 Å². The van der Waals surface area contributed by atoms with Crippen LogP contribution in [0.3, 0.4) is 0 Å². The van der Waals surface area contributed by atoms with Crippen LogP contribution >= 0.6 is 34.8 Å². The molecule has 26 heavy (non-hydrogen) atoms. The molecule has 2 amide bonds. The van der Waals surface area contributed by atoms with Gasteiger partial charge in [-0.1, -0.05) is 40.9 Å². The van der Waals surface area contributed by atoms with E-state index < -0.39 is 0 Å². The van der Waals surface area contributed by atoms with E-state index in [2.05, 4.69) is 5.32 Å². The first-order valence-electron chi connectivity index (χ1n) is 8.25. The summed E-state index contributed by atoms with van der Waals surface area (Å²) in [4.78, 5) is 26.7. The summed E-state index contributed by atoms with van der Waals surface area (Å²) in [6, 6.07) is 11.7. The topological polar surface area (TPSA) is 49.4 Å². The van der Waals surface area contributed by atoms with Gasteiger partial charge in [-0.25, -0.2) is 0 Å². The van der Waals surface area contributed by atoms with E-state index in [9.17, 15) is 9.59 Å². The fraction of sp³-hybridized carbons (Fsp3) is 0.263. The molecule has 0 atom stereocenters. The average Bonchev–Trinajstić information content (AvgIpc) is 2.61. The molecule has 4 nitrogen and oxygen atoms in total. The lowest BCUT2D eigenvalue weighted by Crippen LogP contribution is -2.46. The number of benzene rings is 2. The van der Waals surface area contributed by atoms with E-state index in [0.29, 0.717) is 52.1 Å². The number of hydrogen-bond donors (Lipinski definition) is 1. The Morgan fingerprint density at radius 1 is 0.962 bits per heavy atom. The third-order valence-corrected chi connectivity index (χ3v) is 5.15. The van der Waals surface area contributed by atoms with E-state index in [1.165, 1.54) is 0 Å². The first kappa shape index (κ1) is 19.0. The minimum absolute atomic E-state index is 0.00217. The van der Waals surface area contributed by atoms with Crippen LogP contribution in [0.15, 0.2) is 42.5 Å². The van der Waals surface area contributed by atoms with Crippen LogP contribution in [0.2, 0.25) is 15.1 Å². The van der Waals surface area contributed by atoms with Crippen molar-refractivity contribution in [2.45, 2.75) is 18.9 Å². The van der Waals surface area contributed by atoms with E-state index in [4.69, 9.17) is 34.8 Å². The average molecular weight is 412 g/mol. The van der Waals surface area contributed by atoms with Crippen LogP contribution in [0.1, 0.15) is 33.6 Å². The lowest BCUT2D eigenvalue weighted by atomic mass is 10.0. The van der Waals surface area contributed by atoms with E-state index in [-0.39, 0.29) is 17.9 Å². The molecule has 3 rings (SSSR count). The van der Waals surface area contributed by atoms with Crippen LogP contribution in [0.5, 0.6) is 0 Å². The highest BCUT2D eigenvalue weighted by atomic mass is 35.5. The van der Waals surface area contributed by atoms with Crippen LogP contribution in [-0.2, 0) is 0 Å². The molecule has 2 aromatic rings. The maximum Gasteiger partial charge on any atom is 0.253 e. The molecule has 0 bridgehead atoms. The van der Waals surface area contributed by atoms with E-state index >= 15 is 0 Å². The van der Waals surface area contributed by atoms with Crippen molar-refractivity contribution in [1.82, 2.24) is 10.2 Å². The third kappa shape index (κ3) is 4.50. The van der Waals surface area contributed by atoms with Crippen LogP contribution in [-0.4, -0.2) is 35.8 Å². The second kappa shape index (κ2) is 8.30.